The zero-order valence-electron chi connectivity index (χ0n) is 16.6. The highest BCUT2D eigenvalue weighted by molar-refractivity contribution is 6.51. The summed E-state index contributed by atoms with van der Waals surface area (Å²) in [6, 6.07) is 8.81. The summed E-state index contributed by atoms with van der Waals surface area (Å²) in [4.78, 5) is 0. The molecule has 2 nitrogen and oxygen atoms in total. The third-order valence-electron chi connectivity index (χ3n) is 6.96. The van der Waals surface area contributed by atoms with E-state index >= 15 is 0 Å². The molecule has 1 unspecified atom stereocenters. The lowest BCUT2D eigenvalue weighted by atomic mass is 9.48. The number of rotatable bonds is 1. The Labute approximate surface area is 152 Å². The highest BCUT2D eigenvalue weighted by Crippen LogP contribution is 2.63. The Morgan fingerprint density at radius 2 is 1.48 bits per heavy atom. The van der Waals surface area contributed by atoms with Gasteiger partial charge in [-0.2, -0.15) is 0 Å². The average Bonchev–Trinajstić information content (AvgIpc) is 2.89. The van der Waals surface area contributed by atoms with Crippen LogP contribution < -0.4 is 0 Å². The molecule has 3 aliphatic rings. The van der Waals surface area contributed by atoms with Gasteiger partial charge in [-0.25, -0.2) is 0 Å². The molecule has 0 amide bonds. The van der Waals surface area contributed by atoms with Crippen molar-refractivity contribution in [2.24, 2.45) is 0 Å². The van der Waals surface area contributed by atoms with Crippen molar-refractivity contribution in [1.82, 2.24) is 0 Å². The maximum absolute atomic E-state index is 6.52. The quantitative estimate of drug-likeness (QED) is 0.627. The van der Waals surface area contributed by atoms with Crippen LogP contribution in [-0.4, -0.2) is 18.3 Å². The fourth-order valence-electron chi connectivity index (χ4n) is 4.90. The first-order valence-electron chi connectivity index (χ1n) is 9.38. The van der Waals surface area contributed by atoms with Gasteiger partial charge < -0.3 is 9.31 Å². The number of fused-ring (bicyclic) bond motifs is 2. The number of benzene rings is 1. The van der Waals surface area contributed by atoms with Gasteiger partial charge in [-0.15, -0.1) is 0 Å². The van der Waals surface area contributed by atoms with Crippen LogP contribution in [0.5, 0.6) is 0 Å². The van der Waals surface area contributed by atoms with E-state index in [1.807, 2.05) is 0 Å². The molecule has 0 saturated carbocycles. The van der Waals surface area contributed by atoms with Gasteiger partial charge in [0.05, 0.1) is 11.2 Å². The van der Waals surface area contributed by atoms with E-state index in [-0.39, 0.29) is 29.0 Å². The third kappa shape index (κ3) is 2.12. The molecule has 3 heteroatoms. The summed E-state index contributed by atoms with van der Waals surface area (Å²) in [6.07, 6.45) is 5.54. The van der Waals surface area contributed by atoms with E-state index in [0.29, 0.717) is 0 Å². The van der Waals surface area contributed by atoms with Crippen LogP contribution in [0, 0.1) is 0 Å². The van der Waals surface area contributed by atoms with Gasteiger partial charge in [0.15, 0.2) is 0 Å². The maximum Gasteiger partial charge on any atom is 0.468 e. The molecule has 0 spiro atoms. The number of hydrogen-bond acceptors (Lipinski definition) is 2. The molecule has 1 saturated heterocycles. The number of hydrogen-bond donors (Lipinski definition) is 0. The Balaban J connectivity index is 1.85. The fraction of sp³-hybridized carbons (Fsp3) is 0.545. The van der Waals surface area contributed by atoms with E-state index < -0.39 is 0 Å². The molecule has 0 N–H and O–H groups in total. The lowest BCUT2D eigenvalue weighted by Crippen LogP contribution is -2.41. The van der Waals surface area contributed by atoms with Crippen molar-refractivity contribution in [3.8, 4) is 0 Å². The van der Waals surface area contributed by atoms with E-state index in [1.54, 1.807) is 0 Å². The lowest BCUT2D eigenvalue weighted by molar-refractivity contribution is 0.00578. The van der Waals surface area contributed by atoms with Crippen LogP contribution in [0.15, 0.2) is 42.0 Å². The van der Waals surface area contributed by atoms with Crippen molar-refractivity contribution >= 4 is 12.7 Å². The van der Waals surface area contributed by atoms with Gasteiger partial charge in [0.2, 0.25) is 0 Å². The van der Waals surface area contributed by atoms with E-state index in [0.717, 1.165) is 6.42 Å². The summed E-state index contributed by atoms with van der Waals surface area (Å²) in [7, 11) is -0.235. The molecular formula is C22H29BO2. The Kier molecular flexibility index (Phi) is 3.35. The van der Waals surface area contributed by atoms with E-state index in [1.165, 1.54) is 22.3 Å². The molecule has 2 aliphatic carbocycles. The summed E-state index contributed by atoms with van der Waals surface area (Å²) in [5.74, 6) is 0. The molecule has 1 atom stereocenters. The largest absolute Gasteiger partial charge is 0.468 e. The minimum Gasteiger partial charge on any atom is -0.403 e. The summed E-state index contributed by atoms with van der Waals surface area (Å²) >= 11 is 0. The van der Waals surface area contributed by atoms with Crippen LogP contribution in [0.1, 0.15) is 66.0 Å². The second-order valence-electron chi connectivity index (χ2n) is 9.57. The van der Waals surface area contributed by atoms with Crippen molar-refractivity contribution in [3.63, 3.8) is 0 Å². The minimum absolute atomic E-state index is 0.0188. The van der Waals surface area contributed by atoms with Crippen molar-refractivity contribution in [1.29, 1.82) is 0 Å². The highest BCUT2D eigenvalue weighted by Gasteiger charge is 2.61. The van der Waals surface area contributed by atoms with Crippen LogP contribution >= 0.6 is 0 Å². The number of allylic oxidation sites excluding steroid dienone is 4. The fourth-order valence-corrected chi connectivity index (χ4v) is 4.90. The second-order valence-corrected chi connectivity index (χ2v) is 9.57. The zero-order chi connectivity index (χ0) is 18.3. The second kappa shape index (κ2) is 4.89. The van der Waals surface area contributed by atoms with E-state index in [2.05, 4.69) is 84.9 Å². The summed E-state index contributed by atoms with van der Waals surface area (Å²) in [5.41, 5.74) is 4.97. The molecule has 25 heavy (non-hydrogen) atoms. The lowest BCUT2D eigenvalue weighted by Gasteiger charge is -2.41. The molecule has 0 aromatic heterocycles. The van der Waals surface area contributed by atoms with Gasteiger partial charge in [-0.3, -0.25) is 0 Å². The standard InChI is InChI=1S/C22H29BO2/c1-19(2)17-13-9-8-11-15(17)16-12-10-14-22(7,18(16)19)23-24-20(3,4)21(5,6)25-23/h8-13H,14H2,1-7H3. The molecule has 1 aromatic rings. The SMILES string of the molecule is CC1(B2OC(C)(C)C(C)(C)O2)CC=CC2=C1C(C)(C)c1ccccc12. The van der Waals surface area contributed by atoms with Gasteiger partial charge in [0, 0.05) is 10.7 Å². The van der Waals surface area contributed by atoms with Gasteiger partial charge in [-0.1, -0.05) is 57.2 Å². The van der Waals surface area contributed by atoms with Crippen LogP contribution in [0.25, 0.3) is 5.57 Å². The van der Waals surface area contributed by atoms with Crippen molar-refractivity contribution in [2.45, 2.75) is 76.8 Å². The van der Waals surface area contributed by atoms with E-state index in [9.17, 15) is 0 Å². The topological polar surface area (TPSA) is 18.5 Å². The van der Waals surface area contributed by atoms with Crippen LogP contribution in [0.2, 0.25) is 5.31 Å². The normalized spacial score (nSPS) is 31.2. The first kappa shape index (κ1) is 17.1. The summed E-state index contributed by atoms with van der Waals surface area (Å²) in [6.45, 7) is 15.6. The highest BCUT2D eigenvalue weighted by atomic mass is 16.7. The third-order valence-corrected chi connectivity index (χ3v) is 6.96. The first-order valence-corrected chi connectivity index (χ1v) is 9.38. The Morgan fingerprint density at radius 1 is 0.880 bits per heavy atom. The van der Waals surface area contributed by atoms with Gasteiger partial charge in [-0.05, 0) is 56.4 Å². The zero-order valence-corrected chi connectivity index (χ0v) is 16.6. The molecule has 0 bridgehead atoms. The molecular weight excluding hydrogens is 307 g/mol. The Bertz CT molecular complexity index is 784. The average molecular weight is 336 g/mol. The van der Waals surface area contributed by atoms with Gasteiger partial charge in [0.25, 0.3) is 0 Å². The molecule has 1 aliphatic heterocycles. The molecule has 1 fully saturated rings. The predicted molar refractivity (Wildman–Crippen MR) is 105 cm³/mol. The predicted octanol–water partition coefficient (Wildman–Crippen LogP) is 5.54. The van der Waals surface area contributed by atoms with Crippen molar-refractivity contribution < 1.29 is 9.31 Å². The van der Waals surface area contributed by atoms with Crippen LogP contribution in [0.3, 0.4) is 0 Å². The van der Waals surface area contributed by atoms with Crippen LogP contribution in [0.4, 0.5) is 0 Å². The molecule has 132 valence electrons. The van der Waals surface area contributed by atoms with Crippen molar-refractivity contribution in [2.75, 3.05) is 0 Å². The molecule has 0 radical (unpaired) electrons. The Morgan fingerprint density at radius 3 is 2.12 bits per heavy atom. The van der Waals surface area contributed by atoms with Crippen molar-refractivity contribution in [3.05, 3.63) is 53.1 Å². The molecule has 1 aromatic carbocycles. The van der Waals surface area contributed by atoms with Gasteiger partial charge >= 0.3 is 7.12 Å². The minimum atomic E-state index is -0.307. The maximum atomic E-state index is 6.52. The first-order chi connectivity index (χ1) is 11.5. The summed E-state index contributed by atoms with van der Waals surface area (Å²) in [5, 5.41) is -0.169. The smallest absolute Gasteiger partial charge is 0.403 e. The monoisotopic (exact) mass is 336 g/mol. The molecule has 4 rings (SSSR count). The Hall–Kier alpha value is -1.32. The molecule has 1 heterocycles. The summed E-state index contributed by atoms with van der Waals surface area (Å²) < 4.78 is 13.0. The van der Waals surface area contributed by atoms with E-state index in [4.69, 9.17) is 9.31 Å². The van der Waals surface area contributed by atoms with Crippen LogP contribution in [-0.2, 0) is 14.7 Å². The van der Waals surface area contributed by atoms with Gasteiger partial charge in [0.1, 0.15) is 0 Å².